The van der Waals surface area contributed by atoms with Crippen LogP contribution in [0.25, 0.3) is 11.2 Å². The minimum atomic E-state index is -3.83. The molecule has 1 fully saturated rings. The van der Waals surface area contributed by atoms with Gasteiger partial charge in [0.05, 0.1) is 19.0 Å². The van der Waals surface area contributed by atoms with E-state index in [2.05, 4.69) is 26.8 Å². The number of rotatable bonds is 4. The van der Waals surface area contributed by atoms with Crippen molar-refractivity contribution in [3.05, 3.63) is 12.7 Å². The highest BCUT2D eigenvalue weighted by Crippen LogP contribution is 2.38. The van der Waals surface area contributed by atoms with E-state index >= 15 is 0 Å². The van der Waals surface area contributed by atoms with Crippen LogP contribution in [-0.4, -0.2) is 59.3 Å². The van der Waals surface area contributed by atoms with Crippen LogP contribution in [0.4, 0.5) is 5.82 Å². The van der Waals surface area contributed by atoms with Gasteiger partial charge in [0.25, 0.3) is 0 Å². The van der Waals surface area contributed by atoms with Crippen molar-refractivity contribution in [1.82, 2.24) is 19.5 Å². The van der Waals surface area contributed by atoms with Crippen molar-refractivity contribution in [1.29, 1.82) is 0 Å². The highest BCUT2D eigenvalue weighted by Gasteiger charge is 2.43. The lowest BCUT2D eigenvalue weighted by Crippen LogP contribution is -2.41. The molecule has 23 heavy (non-hydrogen) atoms. The summed E-state index contributed by atoms with van der Waals surface area (Å²) < 4.78 is 11.9. The summed E-state index contributed by atoms with van der Waals surface area (Å²) in [5, 5.41) is 10.3. The predicted octanol–water partition coefficient (Wildman–Crippen LogP) is -1.78. The van der Waals surface area contributed by atoms with E-state index in [0.717, 1.165) is 0 Å². The van der Waals surface area contributed by atoms with Gasteiger partial charge in [0.1, 0.15) is 24.1 Å². The molecule has 2 aromatic rings. The number of ether oxygens (including phenoxy) is 1. The highest BCUT2D eigenvalue weighted by atomic mass is 32.5. The third-order valence-electron chi connectivity index (χ3n) is 3.50. The molecule has 126 valence electrons. The summed E-state index contributed by atoms with van der Waals surface area (Å²) in [4.78, 5) is 30.2. The Morgan fingerprint density at radius 2 is 2.13 bits per heavy atom. The third-order valence-corrected chi connectivity index (χ3v) is 4.30. The highest BCUT2D eigenvalue weighted by molar-refractivity contribution is 8.06. The first-order valence-electron chi connectivity index (χ1n) is 6.50. The number of fused-ring (bicyclic) bond motifs is 1. The van der Waals surface area contributed by atoms with Crippen LogP contribution >= 0.6 is 6.72 Å². The fraction of sp³-hybridized carbons (Fsp3) is 0.500. The molecule has 0 saturated carbocycles. The number of nitrogen functional groups attached to an aromatic ring is 1. The Morgan fingerprint density at radius 1 is 1.39 bits per heavy atom. The molecule has 0 aliphatic carbocycles. The van der Waals surface area contributed by atoms with Crippen LogP contribution < -0.4 is 11.5 Å². The molecule has 2 aromatic heterocycles. The van der Waals surface area contributed by atoms with Crippen LogP contribution in [0.15, 0.2) is 12.7 Å². The maximum absolute atomic E-state index is 10.3. The van der Waals surface area contributed by atoms with Crippen LogP contribution in [0.5, 0.6) is 0 Å². The maximum Gasteiger partial charge on any atom is 0.321 e. The molecule has 0 amide bonds. The lowest BCUT2D eigenvalue weighted by atomic mass is 10.1. The van der Waals surface area contributed by atoms with Gasteiger partial charge in [0.15, 0.2) is 17.7 Å². The topological polar surface area (TPSA) is 175 Å². The second-order valence-electron chi connectivity index (χ2n) is 5.00. The zero-order valence-electron chi connectivity index (χ0n) is 11.6. The standard InChI is InChI=1S/C10H15N6O5PS/c11-5-4(1-20-22(18,19)23)21-10(7(5)17)16-3-15-6-8(12)13-2-14-9(6)16/h2-5,7,10,17H,1,11H2,(H2,12,13,14)(H2,18,19,23)/t4-,5-,7-,10-/m1/s1. The summed E-state index contributed by atoms with van der Waals surface area (Å²) in [7, 11) is 0. The van der Waals surface area contributed by atoms with Crippen LogP contribution in [0.3, 0.4) is 0 Å². The fourth-order valence-electron chi connectivity index (χ4n) is 2.37. The molecule has 0 bridgehead atoms. The van der Waals surface area contributed by atoms with E-state index in [1.807, 2.05) is 0 Å². The van der Waals surface area contributed by atoms with Crippen molar-refractivity contribution in [2.75, 3.05) is 12.3 Å². The van der Waals surface area contributed by atoms with Gasteiger partial charge in [0, 0.05) is 0 Å². The number of imidazole rings is 1. The van der Waals surface area contributed by atoms with Gasteiger partial charge in [-0.2, -0.15) is 0 Å². The quantitative estimate of drug-likeness (QED) is 0.389. The predicted molar refractivity (Wildman–Crippen MR) is 82.3 cm³/mol. The van der Waals surface area contributed by atoms with Gasteiger partial charge in [-0.05, 0) is 11.8 Å². The Kier molecular flexibility index (Phi) is 4.33. The molecule has 3 rings (SSSR count). The zero-order valence-corrected chi connectivity index (χ0v) is 13.3. The molecule has 7 N–H and O–H groups in total. The van der Waals surface area contributed by atoms with Gasteiger partial charge in [0.2, 0.25) is 0 Å². The summed E-state index contributed by atoms with van der Waals surface area (Å²) >= 11 is 4.37. The monoisotopic (exact) mass is 362 g/mol. The van der Waals surface area contributed by atoms with Crippen LogP contribution in [-0.2, 0) is 21.1 Å². The Morgan fingerprint density at radius 3 is 2.83 bits per heavy atom. The SMILES string of the molecule is Nc1ncnc2c1ncn2[C@@H]1O[C@H](COP(O)(O)=S)[C@@H](N)[C@H]1O. The summed E-state index contributed by atoms with van der Waals surface area (Å²) in [5.41, 5.74) is 12.4. The number of nitrogens with two attached hydrogens (primary N) is 2. The number of anilines is 1. The molecular weight excluding hydrogens is 347 g/mol. The van der Waals surface area contributed by atoms with E-state index in [-0.39, 0.29) is 12.4 Å². The summed E-state index contributed by atoms with van der Waals surface area (Å²) in [5.74, 6) is 0.201. The number of aliphatic hydroxyl groups excluding tert-OH is 1. The Bertz CT molecular complexity index is 767. The summed E-state index contributed by atoms with van der Waals surface area (Å²) in [6.07, 6.45) is -0.0818. The second-order valence-corrected chi connectivity index (χ2v) is 7.67. The fourth-order valence-corrected chi connectivity index (χ4v) is 2.89. The summed E-state index contributed by atoms with van der Waals surface area (Å²) in [6, 6.07) is -0.821. The van der Waals surface area contributed by atoms with Crippen LogP contribution in [0, 0.1) is 0 Å². The Labute approximate surface area is 135 Å². The van der Waals surface area contributed by atoms with E-state index in [4.69, 9.17) is 30.5 Å². The largest absolute Gasteiger partial charge is 0.387 e. The van der Waals surface area contributed by atoms with Crippen molar-refractivity contribution in [3.8, 4) is 0 Å². The van der Waals surface area contributed by atoms with Crippen LogP contribution in [0.1, 0.15) is 6.23 Å². The van der Waals surface area contributed by atoms with Gasteiger partial charge < -0.3 is 35.6 Å². The summed E-state index contributed by atoms with van der Waals surface area (Å²) in [6.45, 7) is -4.09. The van der Waals surface area contributed by atoms with E-state index in [1.54, 1.807) is 0 Å². The van der Waals surface area contributed by atoms with Crippen LogP contribution in [0.2, 0.25) is 0 Å². The molecule has 13 heteroatoms. The normalized spacial score (nSPS) is 28.5. The van der Waals surface area contributed by atoms with Crippen molar-refractivity contribution < 1.29 is 24.2 Å². The smallest absolute Gasteiger partial charge is 0.321 e. The lowest BCUT2D eigenvalue weighted by molar-refractivity contribution is -0.0469. The third kappa shape index (κ3) is 3.20. The number of hydrogen-bond acceptors (Lipinski definition) is 9. The first-order chi connectivity index (χ1) is 10.8. The number of aromatic nitrogens is 4. The van der Waals surface area contributed by atoms with E-state index in [9.17, 15) is 5.11 Å². The van der Waals surface area contributed by atoms with E-state index in [0.29, 0.717) is 11.2 Å². The maximum atomic E-state index is 10.3. The first-order valence-corrected chi connectivity index (χ1v) is 9.12. The molecule has 4 atom stereocenters. The Hall–Kier alpha value is -1.24. The zero-order chi connectivity index (χ0) is 16.8. The van der Waals surface area contributed by atoms with Gasteiger partial charge in [-0.15, -0.1) is 0 Å². The molecule has 1 aliphatic rings. The molecule has 1 aliphatic heterocycles. The molecule has 0 radical (unpaired) electrons. The molecule has 11 nitrogen and oxygen atoms in total. The number of nitrogens with zero attached hydrogens (tertiary/aromatic N) is 4. The average Bonchev–Trinajstić information content (AvgIpc) is 3.01. The van der Waals surface area contributed by atoms with Gasteiger partial charge in [-0.3, -0.25) is 4.57 Å². The number of aliphatic hydroxyl groups is 1. The van der Waals surface area contributed by atoms with Crippen molar-refractivity contribution in [2.24, 2.45) is 5.73 Å². The molecule has 0 aromatic carbocycles. The van der Waals surface area contributed by atoms with Gasteiger partial charge in [-0.25, -0.2) is 15.0 Å². The molecule has 1 saturated heterocycles. The molecular formula is C10H15N6O5PS. The minimum absolute atomic E-state index is 0.201. The van der Waals surface area contributed by atoms with Gasteiger partial charge >= 0.3 is 6.72 Å². The van der Waals surface area contributed by atoms with E-state index < -0.39 is 31.2 Å². The van der Waals surface area contributed by atoms with Crippen molar-refractivity contribution in [3.63, 3.8) is 0 Å². The Balaban J connectivity index is 1.85. The molecule has 0 unspecified atom stereocenters. The first kappa shape index (κ1) is 16.6. The van der Waals surface area contributed by atoms with E-state index in [1.165, 1.54) is 17.2 Å². The molecule has 0 spiro atoms. The van der Waals surface area contributed by atoms with Gasteiger partial charge in [-0.1, -0.05) is 0 Å². The lowest BCUT2D eigenvalue weighted by Gasteiger charge is -2.17. The number of hydrogen-bond donors (Lipinski definition) is 5. The minimum Gasteiger partial charge on any atom is -0.387 e. The average molecular weight is 362 g/mol. The second kappa shape index (κ2) is 6.00. The van der Waals surface area contributed by atoms with Crippen molar-refractivity contribution in [2.45, 2.75) is 24.5 Å². The van der Waals surface area contributed by atoms with Crippen molar-refractivity contribution >= 4 is 35.5 Å². The molecule has 3 heterocycles.